The fraction of sp³-hybridized carbons (Fsp3) is 0.214. The summed E-state index contributed by atoms with van der Waals surface area (Å²) in [7, 11) is 0. The number of carbonyl (C=O) groups is 1. The van der Waals surface area contributed by atoms with Gasteiger partial charge in [0.15, 0.2) is 5.78 Å². The van der Waals surface area contributed by atoms with Gasteiger partial charge in [-0.05, 0) is 43.2 Å². The molecule has 0 radical (unpaired) electrons. The number of hydrogen-bond donors (Lipinski definition) is 0. The fourth-order valence-electron chi connectivity index (χ4n) is 1.17. The Bertz CT molecular complexity index is 399. The van der Waals surface area contributed by atoms with Crippen LogP contribution in [0.3, 0.4) is 0 Å². The zero-order chi connectivity index (χ0) is 12.0. The van der Waals surface area contributed by atoms with Crippen molar-refractivity contribution in [1.29, 1.82) is 0 Å². The molecule has 0 atom stereocenters. The minimum atomic E-state index is 0.0898. The molecule has 0 N–H and O–H groups in total. The normalized spacial score (nSPS) is 11.0. The minimum absolute atomic E-state index is 0.0898. The van der Waals surface area contributed by atoms with E-state index in [1.807, 2.05) is 37.3 Å². The summed E-state index contributed by atoms with van der Waals surface area (Å²) in [6.07, 6.45) is 3.56. The molecule has 0 heterocycles. The van der Waals surface area contributed by atoms with E-state index in [4.69, 9.17) is 4.74 Å². The highest BCUT2D eigenvalue weighted by molar-refractivity contribution is 5.97. The fourth-order valence-corrected chi connectivity index (χ4v) is 1.17. The van der Waals surface area contributed by atoms with Gasteiger partial charge >= 0.3 is 0 Å². The van der Waals surface area contributed by atoms with E-state index < -0.39 is 0 Å². The Morgan fingerprint density at radius 1 is 1.31 bits per heavy atom. The van der Waals surface area contributed by atoms with Gasteiger partial charge < -0.3 is 4.74 Å². The summed E-state index contributed by atoms with van der Waals surface area (Å²) in [5.74, 6) is 0.893. The van der Waals surface area contributed by atoms with Crippen LogP contribution in [-0.2, 0) is 4.79 Å². The van der Waals surface area contributed by atoms with Gasteiger partial charge in [-0.3, -0.25) is 4.79 Å². The first-order valence-corrected chi connectivity index (χ1v) is 5.16. The van der Waals surface area contributed by atoms with Crippen molar-refractivity contribution < 1.29 is 9.53 Å². The van der Waals surface area contributed by atoms with E-state index >= 15 is 0 Å². The molecule has 2 heteroatoms. The molecule has 84 valence electrons. The van der Waals surface area contributed by atoms with E-state index in [0.717, 1.165) is 16.9 Å². The van der Waals surface area contributed by atoms with E-state index in [1.165, 1.54) is 0 Å². The number of ketones is 1. The molecular weight excluding hydrogens is 200 g/mol. The first kappa shape index (κ1) is 12.2. The van der Waals surface area contributed by atoms with Crippen LogP contribution in [0.5, 0.6) is 5.75 Å². The third kappa shape index (κ3) is 3.73. The van der Waals surface area contributed by atoms with Crippen LogP contribution in [0.4, 0.5) is 0 Å². The molecule has 16 heavy (non-hydrogen) atoms. The Balaban J connectivity index is 2.75. The largest absolute Gasteiger partial charge is 0.490 e. The van der Waals surface area contributed by atoms with E-state index in [2.05, 4.69) is 6.58 Å². The minimum Gasteiger partial charge on any atom is -0.490 e. The van der Waals surface area contributed by atoms with Crippen LogP contribution >= 0.6 is 0 Å². The number of rotatable bonds is 5. The lowest BCUT2D eigenvalue weighted by molar-refractivity contribution is -0.113. The Hall–Kier alpha value is -1.83. The molecule has 1 aromatic carbocycles. The van der Waals surface area contributed by atoms with Gasteiger partial charge in [-0.25, -0.2) is 0 Å². The van der Waals surface area contributed by atoms with Crippen LogP contribution in [0.2, 0.25) is 0 Å². The lowest BCUT2D eigenvalue weighted by atomic mass is 10.1. The number of hydrogen-bond acceptors (Lipinski definition) is 2. The van der Waals surface area contributed by atoms with E-state index in [0.29, 0.717) is 6.61 Å². The molecule has 0 saturated carbocycles. The number of benzene rings is 1. The summed E-state index contributed by atoms with van der Waals surface area (Å²) < 4.78 is 5.36. The summed E-state index contributed by atoms with van der Waals surface area (Å²) in [6, 6.07) is 7.60. The number of carbonyl (C=O) groups excluding carboxylic acids is 1. The Morgan fingerprint density at radius 2 is 1.94 bits per heavy atom. The Kier molecular flexibility index (Phi) is 4.52. The lowest BCUT2D eigenvalue weighted by Crippen LogP contribution is -1.93. The summed E-state index contributed by atoms with van der Waals surface area (Å²) >= 11 is 0. The maximum atomic E-state index is 11.1. The molecule has 0 aliphatic carbocycles. The lowest BCUT2D eigenvalue weighted by Gasteiger charge is -2.03. The SMILES string of the molecule is C=CCOc1ccc(/C=C(\C)C(C)=O)cc1. The average molecular weight is 216 g/mol. The Labute approximate surface area is 96.2 Å². The van der Waals surface area contributed by atoms with Crippen LogP contribution in [0.15, 0.2) is 42.5 Å². The summed E-state index contributed by atoms with van der Waals surface area (Å²) in [5, 5.41) is 0. The molecule has 0 fully saturated rings. The topological polar surface area (TPSA) is 26.3 Å². The summed E-state index contributed by atoms with van der Waals surface area (Å²) in [4.78, 5) is 11.1. The van der Waals surface area contributed by atoms with E-state index in [1.54, 1.807) is 13.0 Å². The number of Topliss-reactive ketones (excluding diaryl/α,β-unsaturated/α-hetero) is 1. The van der Waals surface area contributed by atoms with Gasteiger partial charge in [-0.15, -0.1) is 0 Å². The van der Waals surface area contributed by atoms with Crippen LogP contribution in [0, 0.1) is 0 Å². The maximum absolute atomic E-state index is 11.1. The second-order valence-electron chi connectivity index (χ2n) is 3.55. The molecule has 0 bridgehead atoms. The van der Waals surface area contributed by atoms with Crippen molar-refractivity contribution in [3.63, 3.8) is 0 Å². The zero-order valence-corrected chi connectivity index (χ0v) is 9.69. The molecule has 0 spiro atoms. The first-order valence-electron chi connectivity index (χ1n) is 5.16. The van der Waals surface area contributed by atoms with Crippen LogP contribution < -0.4 is 4.74 Å². The zero-order valence-electron chi connectivity index (χ0n) is 9.69. The molecule has 0 aliphatic rings. The van der Waals surface area contributed by atoms with Gasteiger partial charge in [-0.1, -0.05) is 24.8 Å². The number of allylic oxidation sites excluding steroid dienone is 1. The van der Waals surface area contributed by atoms with Crippen LogP contribution in [-0.4, -0.2) is 12.4 Å². The van der Waals surface area contributed by atoms with Crippen molar-refractivity contribution in [3.8, 4) is 5.75 Å². The van der Waals surface area contributed by atoms with Crippen LogP contribution in [0.1, 0.15) is 19.4 Å². The molecule has 0 aromatic heterocycles. The van der Waals surface area contributed by atoms with Gasteiger partial charge in [0, 0.05) is 0 Å². The predicted octanol–water partition coefficient (Wildman–Crippen LogP) is 3.24. The molecule has 0 saturated heterocycles. The van der Waals surface area contributed by atoms with Crippen molar-refractivity contribution in [2.24, 2.45) is 0 Å². The maximum Gasteiger partial charge on any atom is 0.155 e. The molecule has 0 amide bonds. The third-order valence-electron chi connectivity index (χ3n) is 2.19. The summed E-state index contributed by atoms with van der Waals surface area (Å²) in [5.41, 5.74) is 1.75. The third-order valence-corrected chi connectivity index (χ3v) is 2.19. The summed E-state index contributed by atoms with van der Waals surface area (Å²) in [6.45, 7) is 7.45. The molecule has 1 aromatic rings. The first-order chi connectivity index (χ1) is 7.63. The highest BCUT2D eigenvalue weighted by atomic mass is 16.5. The van der Waals surface area contributed by atoms with Gasteiger partial charge in [0.05, 0.1) is 0 Å². The van der Waals surface area contributed by atoms with Gasteiger partial charge in [0.1, 0.15) is 12.4 Å². The number of ether oxygens (including phenoxy) is 1. The highest BCUT2D eigenvalue weighted by Gasteiger charge is 1.97. The quantitative estimate of drug-likeness (QED) is 0.558. The molecule has 2 nitrogen and oxygen atoms in total. The standard InChI is InChI=1S/C14H16O2/c1-4-9-16-14-7-5-13(6-8-14)10-11(2)12(3)15/h4-8,10H,1,9H2,2-3H3/b11-10+. The monoisotopic (exact) mass is 216 g/mol. The van der Waals surface area contributed by atoms with Crippen molar-refractivity contribution in [1.82, 2.24) is 0 Å². The molecule has 0 unspecified atom stereocenters. The average Bonchev–Trinajstić information content (AvgIpc) is 2.28. The van der Waals surface area contributed by atoms with Crippen molar-refractivity contribution in [2.75, 3.05) is 6.61 Å². The Morgan fingerprint density at radius 3 is 2.44 bits per heavy atom. The second kappa shape index (κ2) is 5.91. The predicted molar refractivity (Wildman–Crippen MR) is 66.5 cm³/mol. The molecular formula is C14H16O2. The van der Waals surface area contributed by atoms with E-state index in [9.17, 15) is 4.79 Å². The van der Waals surface area contributed by atoms with E-state index in [-0.39, 0.29) is 5.78 Å². The molecule has 0 aliphatic heterocycles. The van der Waals surface area contributed by atoms with Crippen molar-refractivity contribution in [3.05, 3.63) is 48.1 Å². The second-order valence-corrected chi connectivity index (χ2v) is 3.55. The van der Waals surface area contributed by atoms with Gasteiger partial charge in [0.25, 0.3) is 0 Å². The van der Waals surface area contributed by atoms with Crippen molar-refractivity contribution >= 4 is 11.9 Å². The smallest absolute Gasteiger partial charge is 0.155 e. The highest BCUT2D eigenvalue weighted by Crippen LogP contribution is 2.14. The van der Waals surface area contributed by atoms with Gasteiger partial charge in [0.2, 0.25) is 0 Å². The van der Waals surface area contributed by atoms with Gasteiger partial charge in [-0.2, -0.15) is 0 Å². The molecule has 1 rings (SSSR count). The van der Waals surface area contributed by atoms with Crippen LogP contribution in [0.25, 0.3) is 6.08 Å². The van der Waals surface area contributed by atoms with Crippen molar-refractivity contribution in [2.45, 2.75) is 13.8 Å².